The van der Waals surface area contributed by atoms with Crippen LogP contribution < -0.4 is 5.32 Å². The maximum absolute atomic E-state index is 12.0. The number of Topliss-reactive ketones (excluding diaryl/α,β-unsaturated/α-hetero) is 1. The molecule has 1 aliphatic rings. The quantitative estimate of drug-likeness (QED) is 0.672. The largest absolute Gasteiger partial charge is 0.364 e. The van der Waals surface area contributed by atoms with E-state index in [9.17, 15) is 4.79 Å². The minimum Gasteiger partial charge on any atom is -0.364 e. The van der Waals surface area contributed by atoms with E-state index in [2.05, 4.69) is 27.9 Å². The van der Waals surface area contributed by atoms with Crippen molar-refractivity contribution in [1.82, 2.24) is 5.32 Å². The SMILES string of the molecule is CC1NCC(I)C(=O)C1OCc1ccccc1. The summed E-state index contributed by atoms with van der Waals surface area (Å²) in [6, 6.07) is 10.0. The maximum atomic E-state index is 12.0. The summed E-state index contributed by atoms with van der Waals surface area (Å²) in [5.74, 6) is 0.202. The summed E-state index contributed by atoms with van der Waals surface area (Å²) in [5, 5.41) is 3.30. The normalized spacial score (nSPS) is 29.3. The molecule has 1 aromatic carbocycles. The standard InChI is InChI=1S/C13H16INO2/c1-9-13(12(16)11(14)7-15-9)17-8-10-5-3-2-4-6-10/h2-6,9,11,13,15H,7-8H2,1H3. The van der Waals surface area contributed by atoms with Crippen molar-refractivity contribution in [2.45, 2.75) is 29.6 Å². The van der Waals surface area contributed by atoms with Crippen molar-refractivity contribution in [3.63, 3.8) is 0 Å². The number of nitrogens with one attached hydrogen (secondary N) is 1. The first kappa shape index (κ1) is 13.0. The van der Waals surface area contributed by atoms with E-state index in [1.54, 1.807) is 0 Å². The smallest absolute Gasteiger partial charge is 0.177 e. The second kappa shape index (κ2) is 5.93. The Morgan fingerprint density at radius 3 is 2.82 bits per heavy atom. The van der Waals surface area contributed by atoms with E-state index in [0.717, 1.165) is 12.1 Å². The number of ether oxygens (including phenoxy) is 1. The summed E-state index contributed by atoms with van der Waals surface area (Å²) in [6.45, 7) is 3.23. The van der Waals surface area contributed by atoms with Crippen LogP contribution in [0, 0.1) is 0 Å². The molecule has 0 spiro atoms. The third-order valence-corrected chi connectivity index (χ3v) is 3.99. The zero-order valence-electron chi connectivity index (χ0n) is 9.73. The molecule has 1 aliphatic heterocycles. The van der Waals surface area contributed by atoms with Gasteiger partial charge >= 0.3 is 0 Å². The van der Waals surface area contributed by atoms with Gasteiger partial charge in [-0.15, -0.1) is 0 Å². The predicted molar refractivity (Wildman–Crippen MR) is 75.3 cm³/mol. The van der Waals surface area contributed by atoms with E-state index in [1.807, 2.05) is 37.3 Å². The highest BCUT2D eigenvalue weighted by Crippen LogP contribution is 2.17. The molecule has 92 valence electrons. The molecular formula is C13H16INO2. The number of hydrogen-bond acceptors (Lipinski definition) is 3. The molecule has 17 heavy (non-hydrogen) atoms. The lowest BCUT2D eigenvalue weighted by molar-refractivity contribution is -0.134. The number of ketones is 1. The number of carbonyl (C=O) groups excluding carboxylic acids is 1. The Labute approximate surface area is 115 Å². The van der Waals surface area contributed by atoms with E-state index in [-0.39, 0.29) is 21.9 Å². The third-order valence-electron chi connectivity index (χ3n) is 2.93. The van der Waals surface area contributed by atoms with Gasteiger partial charge in [0.05, 0.1) is 10.5 Å². The highest BCUT2D eigenvalue weighted by Gasteiger charge is 2.34. The highest BCUT2D eigenvalue weighted by molar-refractivity contribution is 14.1. The number of alkyl halides is 1. The minimum atomic E-state index is -0.328. The Morgan fingerprint density at radius 1 is 1.41 bits per heavy atom. The van der Waals surface area contributed by atoms with Gasteiger partial charge < -0.3 is 10.1 Å². The van der Waals surface area contributed by atoms with Crippen LogP contribution in [0.2, 0.25) is 0 Å². The number of halogens is 1. The third kappa shape index (κ3) is 3.26. The van der Waals surface area contributed by atoms with Crippen LogP contribution in [0.5, 0.6) is 0 Å². The van der Waals surface area contributed by atoms with Gasteiger partial charge in [-0.05, 0) is 12.5 Å². The monoisotopic (exact) mass is 345 g/mol. The molecule has 1 N–H and O–H groups in total. The van der Waals surface area contributed by atoms with E-state index in [0.29, 0.717) is 6.61 Å². The molecule has 0 amide bonds. The van der Waals surface area contributed by atoms with Crippen LogP contribution in [0.3, 0.4) is 0 Å². The van der Waals surface area contributed by atoms with Gasteiger partial charge in [-0.25, -0.2) is 0 Å². The summed E-state index contributed by atoms with van der Waals surface area (Å²) in [5.41, 5.74) is 1.10. The van der Waals surface area contributed by atoms with Gasteiger partial charge in [-0.2, -0.15) is 0 Å². The van der Waals surface area contributed by atoms with Gasteiger partial charge in [-0.1, -0.05) is 52.9 Å². The van der Waals surface area contributed by atoms with Gasteiger partial charge in [0.2, 0.25) is 0 Å². The van der Waals surface area contributed by atoms with Crippen LogP contribution in [0.15, 0.2) is 30.3 Å². The molecular weight excluding hydrogens is 329 g/mol. The summed E-state index contributed by atoms with van der Waals surface area (Å²) >= 11 is 2.17. The first-order valence-corrected chi connectivity index (χ1v) is 7.00. The molecule has 0 aliphatic carbocycles. The average molecular weight is 345 g/mol. The first-order valence-electron chi connectivity index (χ1n) is 5.75. The van der Waals surface area contributed by atoms with E-state index < -0.39 is 0 Å². The topological polar surface area (TPSA) is 38.3 Å². The van der Waals surface area contributed by atoms with Crippen LogP contribution in [0.1, 0.15) is 12.5 Å². The number of piperidine rings is 1. The van der Waals surface area contributed by atoms with Crippen LogP contribution >= 0.6 is 22.6 Å². The van der Waals surface area contributed by atoms with Crippen molar-refractivity contribution in [1.29, 1.82) is 0 Å². The van der Waals surface area contributed by atoms with Gasteiger partial charge in [0.25, 0.3) is 0 Å². The number of hydrogen-bond donors (Lipinski definition) is 1. The zero-order valence-corrected chi connectivity index (χ0v) is 11.9. The summed E-state index contributed by atoms with van der Waals surface area (Å²) < 4.78 is 5.77. The lowest BCUT2D eigenvalue weighted by atomic mass is 10.0. The molecule has 4 heteroatoms. The Balaban J connectivity index is 1.95. The van der Waals surface area contributed by atoms with Crippen molar-refractivity contribution in [2.24, 2.45) is 0 Å². The Morgan fingerprint density at radius 2 is 2.12 bits per heavy atom. The average Bonchev–Trinajstić information content (AvgIpc) is 2.35. The Kier molecular flexibility index (Phi) is 4.53. The Bertz CT molecular complexity index is 382. The molecule has 1 heterocycles. The van der Waals surface area contributed by atoms with Gasteiger partial charge in [0, 0.05) is 12.6 Å². The van der Waals surface area contributed by atoms with Crippen molar-refractivity contribution in [3.05, 3.63) is 35.9 Å². The van der Waals surface area contributed by atoms with Crippen LogP contribution in [0.25, 0.3) is 0 Å². The van der Waals surface area contributed by atoms with E-state index in [1.165, 1.54) is 0 Å². The molecule has 3 unspecified atom stereocenters. The summed E-state index contributed by atoms with van der Waals surface area (Å²) in [4.78, 5) is 12.0. The van der Waals surface area contributed by atoms with E-state index >= 15 is 0 Å². The molecule has 1 saturated heterocycles. The highest BCUT2D eigenvalue weighted by atomic mass is 127. The van der Waals surface area contributed by atoms with Crippen molar-refractivity contribution in [2.75, 3.05) is 6.54 Å². The molecule has 1 fully saturated rings. The molecule has 0 bridgehead atoms. The molecule has 1 aromatic rings. The molecule has 0 radical (unpaired) electrons. The number of carbonyl (C=O) groups is 1. The van der Waals surface area contributed by atoms with Crippen LogP contribution in [-0.2, 0) is 16.1 Å². The van der Waals surface area contributed by atoms with E-state index in [4.69, 9.17) is 4.74 Å². The van der Waals surface area contributed by atoms with Gasteiger partial charge in [-0.3, -0.25) is 4.79 Å². The second-order valence-corrected chi connectivity index (χ2v) is 5.79. The van der Waals surface area contributed by atoms with Crippen LogP contribution in [-0.4, -0.2) is 28.4 Å². The molecule has 0 saturated carbocycles. The minimum absolute atomic E-state index is 0.0181. The second-order valence-electron chi connectivity index (χ2n) is 4.28. The van der Waals surface area contributed by atoms with Gasteiger partial charge in [0.15, 0.2) is 5.78 Å². The van der Waals surface area contributed by atoms with Crippen molar-refractivity contribution >= 4 is 28.4 Å². The van der Waals surface area contributed by atoms with Crippen LogP contribution in [0.4, 0.5) is 0 Å². The lowest BCUT2D eigenvalue weighted by Gasteiger charge is -2.31. The fraction of sp³-hybridized carbons (Fsp3) is 0.462. The number of benzene rings is 1. The fourth-order valence-electron chi connectivity index (χ4n) is 1.91. The lowest BCUT2D eigenvalue weighted by Crippen LogP contribution is -2.55. The molecule has 3 atom stereocenters. The van der Waals surface area contributed by atoms with Crippen molar-refractivity contribution < 1.29 is 9.53 Å². The summed E-state index contributed by atoms with van der Waals surface area (Å²) in [7, 11) is 0. The fourth-order valence-corrected chi connectivity index (χ4v) is 2.52. The predicted octanol–water partition coefficient (Wildman–Crippen LogP) is 1.94. The number of rotatable bonds is 3. The van der Waals surface area contributed by atoms with Gasteiger partial charge in [0.1, 0.15) is 6.10 Å². The van der Waals surface area contributed by atoms with Crippen molar-refractivity contribution in [3.8, 4) is 0 Å². The molecule has 3 nitrogen and oxygen atoms in total. The molecule has 0 aromatic heterocycles. The Hall–Kier alpha value is -0.460. The summed E-state index contributed by atoms with van der Waals surface area (Å²) in [6.07, 6.45) is -0.328. The molecule has 2 rings (SSSR count). The maximum Gasteiger partial charge on any atom is 0.177 e. The first-order chi connectivity index (χ1) is 8.18. The zero-order chi connectivity index (χ0) is 12.3.